The molecule has 0 saturated carbocycles. The van der Waals surface area contributed by atoms with Crippen LogP contribution in [-0.2, 0) is 6.42 Å². The molecule has 19 heavy (non-hydrogen) atoms. The van der Waals surface area contributed by atoms with Crippen molar-refractivity contribution in [3.8, 4) is 0 Å². The van der Waals surface area contributed by atoms with Crippen molar-refractivity contribution in [1.29, 1.82) is 0 Å². The molecule has 4 heteroatoms. The van der Waals surface area contributed by atoms with E-state index in [4.69, 9.17) is 11.6 Å². The second-order valence-corrected chi connectivity index (χ2v) is 4.97. The standard InChI is InChI=1S/C15H14ClF2N/c1-10(6-11-2-4-12(16)5-3-11)19-15-8-13(17)7-14(18)9-15/h2-5,7-10,19H,6H2,1H3. The molecular formula is C15H14ClF2N. The van der Waals surface area contributed by atoms with Gasteiger partial charge in [-0.05, 0) is 43.2 Å². The van der Waals surface area contributed by atoms with Crippen LogP contribution in [0.4, 0.5) is 14.5 Å². The van der Waals surface area contributed by atoms with E-state index in [-0.39, 0.29) is 6.04 Å². The number of halogens is 3. The van der Waals surface area contributed by atoms with Crippen molar-refractivity contribution in [2.75, 3.05) is 5.32 Å². The molecule has 2 aromatic rings. The van der Waals surface area contributed by atoms with E-state index in [1.54, 1.807) is 0 Å². The normalized spacial score (nSPS) is 12.2. The van der Waals surface area contributed by atoms with Crippen LogP contribution in [0.15, 0.2) is 42.5 Å². The fourth-order valence-electron chi connectivity index (χ4n) is 1.95. The third-order valence-corrected chi connectivity index (χ3v) is 2.98. The molecule has 0 aromatic heterocycles. The summed E-state index contributed by atoms with van der Waals surface area (Å²) in [5.41, 5.74) is 1.56. The number of benzene rings is 2. The van der Waals surface area contributed by atoms with E-state index in [1.165, 1.54) is 12.1 Å². The van der Waals surface area contributed by atoms with Gasteiger partial charge >= 0.3 is 0 Å². The molecule has 0 bridgehead atoms. The topological polar surface area (TPSA) is 12.0 Å². The maximum absolute atomic E-state index is 13.1. The molecule has 2 aromatic carbocycles. The summed E-state index contributed by atoms with van der Waals surface area (Å²) >= 11 is 5.81. The van der Waals surface area contributed by atoms with Crippen LogP contribution in [0.1, 0.15) is 12.5 Å². The predicted octanol–water partition coefficient (Wildman–Crippen LogP) is 4.66. The molecule has 0 aliphatic carbocycles. The SMILES string of the molecule is CC(Cc1ccc(Cl)cc1)Nc1cc(F)cc(F)c1. The Morgan fingerprint density at radius 2 is 1.63 bits per heavy atom. The molecule has 1 unspecified atom stereocenters. The zero-order valence-electron chi connectivity index (χ0n) is 10.5. The Morgan fingerprint density at radius 1 is 1.05 bits per heavy atom. The van der Waals surface area contributed by atoms with Gasteiger partial charge in [0.15, 0.2) is 0 Å². The molecule has 0 amide bonds. The van der Waals surface area contributed by atoms with Crippen LogP contribution in [0.5, 0.6) is 0 Å². The lowest BCUT2D eigenvalue weighted by Gasteiger charge is -2.15. The predicted molar refractivity (Wildman–Crippen MR) is 74.6 cm³/mol. The maximum atomic E-state index is 13.1. The largest absolute Gasteiger partial charge is 0.382 e. The first-order valence-electron chi connectivity index (χ1n) is 6.00. The highest BCUT2D eigenvalue weighted by Gasteiger charge is 2.06. The van der Waals surface area contributed by atoms with Gasteiger partial charge < -0.3 is 5.32 Å². The van der Waals surface area contributed by atoms with E-state index in [9.17, 15) is 8.78 Å². The highest BCUT2D eigenvalue weighted by molar-refractivity contribution is 6.30. The average molecular weight is 282 g/mol. The number of hydrogen-bond donors (Lipinski definition) is 1. The molecule has 1 nitrogen and oxygen atoms in total. The van der Waals surface area contributed by atoms with Gasteiger partial charge in [-0.2, -0.15) is 0 Å². The smallest absolute Gasteiger partial charge is 0.128 e. The minimum Gasteiger partial charge on any atom is -0.382 e. The summed E-state index contributed by atoms with van der Waals surface area (Å²) in [5.74, 6) is -1.16. The van der Waals surface area contributed by atoms with E-state index in [1.807, 2.05) is 31.2 Å². The summed E-state index contributed by atoms with van der Waals surface area (Å²) in [5, 5.41) is 3.76. The van der Waals surface area contributed by atoms with Gasteiger partial charge in [-0.25, -0.2) is 8.78 Å². The first-order chi connectivity index (χ1) is 9.02. The van der Waals surface area contributed by atoms with Crippen LogP contribution >= 0.6 is 11.6 Å². The van der Waals surface area contributed by atoms with Crippen LogP contribution in [0.25, 0.3) is 0 Å². The molecule has 1 atom stereocenters. The summed E-state index contributed by atoms with van der Waals surface area (Å²) < 4.78 is 26.1. The lowest BCUT2D eigenvalue weighted by Crippen LogP contribution is -2.18. The highest BCUT2D eigenvalue weighted by Crippen LogP contribution is 2.16. The first kappa shape index (κ1) is 13.8. The summed E-state index contributed by atoms with van der Waals surface area (Å²) in [4.78, 5) is 0. The number of rotatable bonds is 4. The highest BCUT2D eigenvalue weighted by atomic mass is 35.5. The van der Waals surface area contributed by atoms with Crippen LogP contribution in [-0.4, -0.2) is 6.04 Å². The lowest BCUT2D eigenvalue weighted by molar-refractivity contribution is 0.583. The van der Waals surface area contributed by atoms with Gasteiger partial charge in [0.1, 0.15) is 11.6 Å². The summed E-state index contributed by atoms with van der Waals surface area (Å²) in [6, 6.07) is 11.0. The summed E-state index contributed by atoms with van der Waals surface area (Å²) in [6.45, 7) is 1.96. The van der Waals surface area contributed by atoms with Gasteiger partial charge in [-0.3, -0.25) is 0 Å². The Labute approximate surface area is 116 Å². The van der Waals surface area contributed by atoms with Gasteiger partial charge in [0.2, 0.25) is 0 Å². The molecule has 0 heterocycles. The van der Waals surface area contributed by atoms with Crippen LogP contribution in [0.2, 0.25) is 5.02 Å². The average Bonchev–Trinajstić information content (AvgIpc) is 2.30. The van der Waals surface area contributed by atoms with Crippen molar-refractivity contribution in [2.24, 2.45) is 0 Å². The van der Waals surface area contributed by atoms with Crippen molar-refractivity contribution in [3.63, 3.8) is 0 Å². The minimum atomic E-state index is -0.582. The zero-order valence-corrected chi connectivity index (χ0v) is 11.2. The molecule has 0 aliphatic rings. The third kappa shape index (κ3) is 4.21. The molecule has 0 aliphatic heterocycles. The summed E-state index contributed by atoms with van der Waals surface area (Å²) in [7, 11) is 0. The molecular weight excluding hydrogens is 268 g/mol. The second kappa shape index (κ2) is 6.02. The molecule has 1 N–H and O–H groups in total. The monoisotopic (exact) mass is 281 g/mol. The molecule has 2 rings (SSSR count). The van der Waals surface area contributed by atoms with Gasteiger partial charge in [-0.15, -0.1) is 0 Å². The van der Waals surface area contributed by atoms with Crippen LogP contribution < -0.4 is 5.32 Å². The quantitative estimate of drug-likeness (QED) is 0.859. The zero-order chi connectivity index (χ0) is 13.8. The molecule has 100 valence electrons. The lowest BCUT2D eigenvalue weighted by atomic mass is 10.1. The fourth-order valence-corrected chi connectivity index (χ4v) is 2.07. The Hall–Kier alpha value is -1.61. The maximum Gasteiger partial charge on any atom is 0.128 e. The molecule has 0 saturated heterocycles. The Bertz CT molecular complexity index is 534. The minimum absolute atomic E-state index is 0.0578. The van der Waals surface area contributed by atoms with E-state index in [2.05, 4.69) is 5.32 Å². The van der Waals surface area contributed by atoms with E-state index in [0.29, 0.717) is 10.7 Å². The molecule has 0 fully saturated rings. The van der Waals surface area contributed by atoms with Crippen LogP contribution in [0, 0.1) is 11.6 Å². The first-order valence-corrected chi connectivity index (χ1v) is 6.38. The van der Waals surface area contributed by atoms with Crippen molar-refractivity contribution >= 4 is 17.3 Å². The number of nitrogens with one attached hydrogen (secondary N) is 1. The van der Waals surface area contributed by atoms with Gasteiger partial charge in [0.05, 0.1) is 0 Å². The number of anilines is 1. The van der Waals surface area contributed by atoms with Crippen LogP contribution in [0.3, 0.4) is 0 Å². The third-order valence-electron chi connectivity index (χ3n) is 2.73. The number of hydrogen-bond acceptors (Lipinski definition) is 1. The molecule has 0 radical (unpaired) electrons. The van der Waals surface area contributed by atoms with Crippen molar-refractivity contribution < 1.29 is 8.78 Å². The van der Waals surface area contributed by atoms with E-state index >= 15 is 0 Å². The Balaban J connectivity index is 2.00. The van der Waals surface area contributed by atoms with Gasteiger partial charge in [0.25, 0.3) is 0 Å². The summed E-state index contributed by atoms with van der Waals surface area (Å²) in [6.07, 6.45) is 0.745. The van der Waals surface area contributed by atoms with Crippen molar-refractivity contribution in [1.82, 2.24) is 0 Å². The Morgan fingerprint density at radius 3 is 2.21 bits per heavy atom. The fraction of sp³-hybridized carbons (Fsp3) is 0.200. The van der Waals surface area contributed by atoms with Crippen molar-refractivity contribution in [3.05, 3.63) is 64.7 Å². The van der Waals surface area contributed by atoms with Gasteiger partial charge in [0, 0.05) is 22.8 Å². The molecule has 0 spiro atoms. The Kier molecular flexibility index (Phi) is 4.38. The second-order valence-electron chi connectivity index (χ2n) is 4.53. The van der Waals surface area contributed by atoms with E-state index < -0.39 is 11.6 Å². The van der Waals surface area contributed by atoms with Gasteiger partial charge in [-0.1, -0.05) is 23.7 Å². The van der Waals surface area contributed by atoms with Crippen molar-refractivity contribution in [2.45, 2.75) is 19.4 Å². The van der Waals surface area contributed by atoms with E-state index in [0.717, 1.165) is 18.1 Å².